The Labute approximate surface area is 107 Å². The number of carbonyl (C=O) groups is 3. The first-order valence-electron chi connectivity index (χ1n) is 5.16. The van der Waals surface area contributed by atoms with Crippen LogP contribution >= 0.6 is 0 Å². The normalized spacial score (nSPS) is 19.1. The lowest BCUT2D eigenvalue weighted by atomic mass is 10.3. The van der Waals surface area contributed by atoms with Crippen LogP contribution in [0.2, 0.25) is 0 Å². The number of amides is 5. The summed E-state index contributed by atoms with van der Waals surface area (Å²) in [6, 6.07) is -3.51. The third-order valence-corrected chi connectivity index (χ3v) is 2.46. The Morgan fingerprint density at radius 2 is 1.89 bits per heavy atom. The van der Waals surface area contributed by atoms with E-state index in [1.165, 1.54) is 0 Å². The van der Waals surface area contributed by atoms with Gasteiger partial charge in [-0.15, -0.1) is 0 Å². The Balaban J connectivity index is 3.01. The molecule has 11 nitrogen and oxygen atoms in total. The zero-order valence-electron chi connectivity index (χ0n) is 9.76. The van der Waals surface area contributed by atoms with Crippen molar-refractivity contribution in [3.63, 3.8) is 0 Å². The van der Waals surface area contributed by atoms with Gasteiger partial charge >= 0.3 is 12.1 Å². The number of rotatable bonds is 5. The summed E-state index contributed by atoms with van der Waals surface area (Å²) in [5.41, 5.74) is 0. The van der Waals surface area contributed by atoms with Crippen molar-refractivity contribution >= 4 is 18.0 Å². The molecule has 0 saturated carbocycles. The molecule has 1 aliphatic rings. The second-order valence-corrected chi connectivity index (χ2v) is 3.42. The molecule has 1 unspecified atom stereocenters. The molecule has 0 spiro atoms. The fraction of sp³-hybridized carbons (Fsp3) is 0.625. The zero-order chi connectivity index (χ0) is 14.6. The van der Waals surface area contributed by atoms with Gasteiger partial charge < -0.3 is 25.7 Å². The molecule has 1 atom stereocenters. The number of hydrogen-bond acceptors (Lipinski definition) is 7. The van der Waals surface area contributed by atoms with E-state index in [4.69, 9.17) is 20.4 Å². The summed E-state index contributed by atoms with van der Waals surface area (Å²) < 4.78 is 0. The zero-order valence-corrected chi connectivity index (χ0v) is 9.76. The number of urea groups is 2. The highest BCUT2D eigenvalue weighted by Crippen LogP contribution is 2.18. The first-order chi connectivity index (χ1) is 9.03. The summed E-state index contributed by atoms with van der Waals surface area (Å²) in [6.07, 6.45) is 0. The lowest BCUT2D eigenvalue weighted by molar-refractivity contribution is -0.140. The Bertz CT molecular complexity index is 354. The van der Waals surface area contributed by atoms with Crippen LogP contribution in [0.15, 0.2) is 0 Å². The van der Waals surface area contributed by atoms with Crippen LogP contribution in [0.25, 0.3) is 0 Å². The number of imide groups is 1. The highest BCUT2D eigenvalue weighted by Gasteiger charge is 2.48. The van der Waals surface area contributed by atoms with Crippen molar-refractivity contribution in [2.45, 2.75) is 6.04 Å². The van der Waals surface area contributed by atoms with E-state index in [0.717, 1.165) is 0 Å². The Morgan fingerprint density at radius 1 is 1.26 bits per heavy atom. The predicted octanol–water partition coefficient (Wildman–Crippen LogP) is -3.61. The summed E-state index contributed by atoms with van der Waals surface area (Å²) in [5.74, 6) is -0.983. The molecule has 1 aliphatic heterocycles. The molecule has 11 heteroatoms. The molecule has 1 rings (SSSR count). The molecule has 0 aromatic carbocycles. The van der Waals surface area contributed by atoms with Crippen molar-refractivity contribution in [3.8, 4) is 0 Å². The molecule has 0 aromatic heterocycles. The first-order valence-corrected chi connectivity index (χ1v) is 5.16. The number of nitrogens with one attached hydrogen (secondary N) is 1. The largest absolute Gasteiger partial charge is 0.394 e. The molecule has 5 N–H and O–H groups in total. The number of hydrogen-bond donors (Lipinski definition) is 5. The van der Waals surface area contributed by atoms with E-state index < -0.39 is 50.8 Å². The molecule has 0 aliphatic carbocycles. The molecule has 0 bridgehead atoms. The van der Waals surface area contributed by atoms with Crippen molar-refractivity contribution in [2.24, 2.45) is 0 Å². The molecular weight excluding hydrogens is 264 g/mol. The number of aliphatic hydroxyl groups is 4. The maximum Gasteiger partial charge on any atom is 0.349 e. The van der Waals surface area contributed by atoms with Crippen molar-refractivity contribution in [3.05, 3.63) is 0 Å². The average molecular weight is 278 g/mol. The standard InChI is InChI=1S/C8H14N4O7/c13-1-5-6(17)12(8(19)10(5)3-15)11(4-16)7(18)9-2-14/h5,13-16H,1-4H2,(H,9,18). The van der Waals surface area contributed by atoms with Crippen LogP contribution < -0.4 is 5.32 Å². The van der Waals surface area contributed by atoms with Crippen molar-refractivity contribution in [1.82, 2.24) is 20.2 Å². The van der Waals surface area contributed by atoms with E-state index >= 15 is 0 Å². The van der Waals surface area contributed by atoms with E-state index in [2.05, 4.69) is 0 Å². The molecule has 5 amide bonds. The first kappa shape index (κ1) is 15.1. The molecule has 1 heterocycles. The SMILES string of the molecule is O=C(NCO)N(CO)N1C(=O)C(CO)N(CO)C1=O. The lowest BCUT2D eigenvalue weighted by Crippen LogP contribution is -2.54. The number of hydrazine groups is 1. The summed E-state index contributed by atoms with van der Waals surface area (Å²) in [6.45, 7) is -3.37. The van der Waals surface area contributed by atoms with Crippen LogP contribution in [-0.2, 0) is 4.79 Å². The second-order valence-electron chi connectivity index (χ2n) is 3.42. The van der Waals surface area contributed by atoms with Crippen molar-refractivity contribution < 1.29 is 34.8 Å². The van der Waals surface area contributed by atoms with E-state index in [1.807, 2.05) is 5.32 Å². The van der Waals surface area contributed by atoms with E-state index in [9.17, 15) is 14.4 Å². The minimum atomic E-state index is -1.34. The van der Waals surface area contributed by atoms with Gasteiger partial charge in [-0.05, 0) is 0 Å². The van der Waals surface area contributed by atoms with E-state index in [1.54, 1.807) is 0 Å². The van der Waals surface area contributed by atoms with E-state index in [0.29, 0.717) is 9.91 Å². The van der Waals surface area contributed by atoms with Crippen molar-refractivity contribution in [2.75, 3.05) is 26.8 Å². The van der Waals surface area contributed by atoms with Gasteiger partial charge in [-0.1, -0.05) is 0 Å². The van der Waals surface area contributed by atoms with Gasteiger partial charge in [-0.25, -0.2) is 9.59 Å². The van der Waals surface area contributed by atoms with Gasteiger partial charge in [0.05, 0.1) is 6.61 Å². The molecule has 1 fully saturated rings. The quantitative estimate of drug-likeness (QED) is 0.257. The molecule has 19 heavy (non-hydrogen) atoms. The number of aliphatic hydroxyl groups excluding tert-OH is 4. The average Bonchev–Trinajstić information content (AvgIpc) is 2.63. The summed E-state index contributed by atoms with van der Waals surface area (Å²) in [7, 11) is 0. The molecule has 0 radical (unpaired) electrons. The van der Waals surface area contributed by atoms with Gasteiger partial charge in [-0.2, -0.15) is 10.0 Å². The summed E-state index contributed by atoms with van der Waals surface area (Å²) in [4.78, 5) is 35.7. The maximum absolute atomic E-state index is 11.8. The van der Waals surface area contributed by atoms with Crippen LogP contribution in [-0.4, -0.2) is 86.2 Å². The third kappa shape index (κ3) is 2.58. The second kappa shape index (κ2) is 6.29. The van der Waals surface area contributed by atoms with E-state index in [-0.39, 0.29) is 5.01 Å². The fourth-order valence-electron chi connectivity index (χ4n) is 1.56. The Kier molecular flexibility index (Phi) is 5.00. The van der Waals surface area contributed by atoms with Gasteiger partial charge in [0.15, 0.2) is 0 Å². The third-order valence-electron chi connectivity index (χ3n) is 2.46. The fourth-order valence-corrected chi connectivity index (χ4v) is 1.56. The highest BCUT2D eigenvalue weighted by atomic mass is 16.3. The summed E-state index contributed by atoms with van der Waals surface area (Å²) >= 11 is 0. The minimum absolute atomic E-state index is 0.280. The van der Waals surface area contributed by atoms with Gasteiger partial charge in [0.2, 0.25) is 0 Å². The smallest absolute Gasteiger partial charge is 0.349 e. The lowest BCUT2D eigenvalue weighted by Gasteiger charge is -2.27. The van der Waals surface area contributed by atoms with Crippen LogP contribution in [0.1, 0.15) is 0 Å². The molecule has 0 aromatic rings. The number of carbonyl (C=O) groups excluding carboxylic acids is 3. The highest BCUT2D eigenvalue weighted by molar-refractivity contribution is 6.05. The van der Waals surface area contributed by atoms with Crippen LogP contribution in [0, 0.1) is 0 Å². The molecule has 108 valence electrons. The van der Waals surface area contributed by atoms with Gasteiger partial charge in [0.1, 0.15) is 26.2 Å². The Morgan fingerprint density at radius 3 is 2.26 bits per heavy atom. The van der Waals surface area contributed by atoms with Crippen LogP contribution in [0.5, 0.6) is 0 Å². The molecular formula is C8H14N4O7. The molecule has 1 saturated heterocycles. The maximum atomic E-state index is 11.8. The van der Waals surface area contributed by atoms with Gasteiger partial charge in [-0.3, -0.25) is 9.69 Å². The predicted molar refractivity (Wildman–Crippen MR) is 56.6 cm³/mol. The van der Waals surface area contributed by atoms with Crippen LogP contribution in [0.3, 0.4) is 0 Å². The Hall–Kier alpha value is -1.95. The topological polar surface area (TPSA) is 154 Å². The summed E-state index contributed by atoms with van der Waals surface area (Å²) in [5, 5.41) is 38.0. The van der Waals surface area contributed by atoms with Crippen molar-refractivity contribution in [1.29, 1.82) is 0 Å². The monoisotopic (exact) mass is 278 g/mol. The van der Waals surface area contributed by atoms with Gasteiger partial charge in [0, 0.05) is 0 Å². The number of nitrogens with zero attached hydrogens (tertiary/aromatic N) is 3. The van der Waals surface area contributed by atoms with Gasteiger partial charge in [0.25, 0.3) is 5.91 Å². The minimum Gasteiger partial charge on any atom is -0.394 e. The van der Waals surface area contributed by atoms with Crippen LogP contribution in [0.4, 0.5) is 9.59 Å².